The summed E-state index contributed by atoms with van der Waals surface area (Å²) in [4.78, 5) is 19.5. The molecular formula is C26H31F2N4O2. The van der Waals surface area contributed by atoms with Crippen LogP contribution in [0.5, 0.6) is 0 Å². The van der Waals surface area contributed by atoms with Crippen LogP contribution in [0.4, 0.5) is 8.78 Å². The van der Waals surface area contributed by atoms with Crippen LogP contribution in [0.1, 0.15) is 43.1 Å². The van der Waals surface area contributed by atoms with E-state index >= 15 is 0 Å². The van der Waals surface area contributed by atoms with Gasteiger partial charge in [-0.05, 0) is 60.7 Å². The molecule has 181 valence electrons. The van der Waals surface area contributed by atoms with E-state index in [2.05, 4.69) is 39.9 Å². The summed E-state index contributed by atoms with van der Waals surface area (Å²) in [5, 5.41) is 4.21. The van der Waals surface area contributed by atoms with Crippen LogP contribution in [-0.2, 0) is 35.6 Å². The number of fused-ring (bicyclic) bond motifs is 1. The van der Waals surface area contributed by atoms with Crippen molar-refractivity contribution >= 4 is 16.9 Å². The summed E-state index contributed by atoms with van der Waals surface area (Å²) in [6.07, 6.45) is 1.85. The summed E-state index contributed by atoms with van der Waals surface area (Å²) in [6, 6.07) is 9.75. The van der Waals surface area contributed by atoms with Crippen molar-refractivity contribution in [3.63, 3.8) is 0 Å². The highest BCUT2D eigenvalue weighted by atomic mass is 19.1. The molecule has 0 aliphatic carbocycles. The average Bonchev–Trinajstić information content (AvgIpc) is 3.17. The van der Waals surface area contributed by atoms with Crippen LogP contribution in [0.25, 0.3) is 11.0 Å². The lowest BCUT2D eigenvalue weighted by molar-refractivity contribution is -0.121. The molecule has 1 amide bonds. The van der Waals surface area contributed by atoms with Crippen molar-refractivity contribution in [3.05, 3.63) is 65.0 Å². The number of aryl methyl sites for hydroxylation is 2. The van der Waals surface area contributed by atoms with Gasteiger partial charge in [-0.1, -0.05) is 13.0 Å². The van der Waals surface area contributed by atoms with Gasteiger partial charge in [0.25, 0.3) is 0 Å². The topological polar surface area (TPSA) is 61.5 Å². The second-order valence-corrected chi connectivity index (χ2v) is 8.69. The molecule has 1 aromatic heterocycles. The largest absolute Gasteiger partial charge is 0.379 e. The minimum atomic E-state index is -0.477. The molecule has 3 aromatic rings. The number of aromatic nitrogens is 2. The van der Waals surface area contributed by atoms with Crippen LogP contribution in [0.3, 0.4) is 0 Å². The molecule has 2 aromatic carbocycles. The fourth-order valence-corrected chi connectivity index (χ4v) is 4.34. The second-order valence-electron chi connectivity index (χ2n) is 8.69. The van der Waals surface area contributed by atoms with Crippen LogP contribution >= 0.6 is 0 Å². The van der Waals surface area contributed by atoms with Gasteiger partial charge in [0, 0.05) is 32.6 Å². The fourth-order valence-electron chi connectivity index (χ4n) is 4.34. The Bertz CT molecular complexity index is 1130. The Morgan fingerprint density at radius 2 is 1.97 bits per heavy atom. The highest BCUT2D eigenvalue weighted by Crippen LogP contribution is 2.20. The quantitative estimate of drug-likeness (QED) is 0.446. The molecule has 1 saturated heterocycles. The number of morpholine rings is 1. The molecule has 0 bridgehead atoms. The van der Waals surface area contributed by atoms with Gasteiger partial charge in [-0.15, -0.1) is 0 Å². The maximum atomic E-state index is 13.7. The maximum Gasteiger partial charge on any atom is 0.241 e. The third-order valence-corrected chi connectivity index (χ3v) is 6.09. The van der Waals surface area contributed by atoms with Gasteiger partial charge >= 0.3 is 0 Å². The van der Waals surface area contributed by atoms with Crippen molar-refractivity contribution in [2.45, 2.75) is 52.2 Å². The second kappa shape index (κ2) is 11.5. The number of ether oxygens (including phenoxy) is 1. The Morgan fingerprint density at radius 1 is 1.15 bits per heavy atom. The molecule has 1 radical (unpaired) electrons. The molecular weight excluding hydrogens is 438 g/mol. The Kier molecular flexibility index (Phi) is 8.24. The third kappa shape index (κ3) is 6.18. The predicted octanol–water partition coefficient (Wildman–Crippen LogP) is 4.21. The maximum absolute atomic E-state index is 13.7. The van der Waals surface area contributed by atoms with E-state index in [1.165, 1.54) is 11.6 Å². The number of carbonyl (C=O) groups is 1. The number of hydrogen-bond acceptors (Lipinski definition) is 4. The predicted molar refractivity (Wildman–Crippen MR) is 126 cm³/mol. The normalized spacial score (nSPS) is 14.6. The van der Waals surface area contributed by atoms with E-state index in [1.54, 1.807) is 0 Å². The Labute approximate surface area is 198 Å². The van der Waals surface area contributed by atoms with Gasteiger partial charge in [-0.3, -0.25) is 9.69 Å². The zero-order valence-electron chi connectivity index (χ0n) is 19.6. The van der Waals surface area contributed by atoms with E-state index in [4.69, 9.17) is 9.72 Å². The van der Waals surface area contributed by atoms with Crippen LogP contribution in [0, 0.1) is 11.6 Å². The fraction of sp³-hybridized carbons (Fsp3) is 0.462. The first-order valence-corrected chi connectivity index (χ1v) is 12.0. The molecule has 0 N–H and O–H groups in total. The lowest BCUT2D eigenvalue weighted by Gasteiger charge is -2.26. The monoisotopic (exact) mass is 469 g/mol. The summed E-state index contributed by atoms with van der Waals surface area (Å²) < 4.78 is 34.6. The average molecular weight is 470 g/mol. The highest BCUT2D eigenvalue weighted by molar-refractivity contribution is 5.78. The number of rotatable bonds is 10. The van der Waals surface area contributed by atoms with Gasteiger partial charge in [0.2, 0.25) is 5.91 Å². The van der Waals surface area contributed by atoms with Crippen molar-refractivity contribution in [1.29, 1.82) is 0 Å². The molecule has 2 heterocycles. The van der Waals surface area contributed by atoms with Crippen molar-refractivity contribution in [2.75, 3.05) is 26.3 Å². The first-order valence-electron chi connectivity index (χ1n) is 12.0. The van der Waals surface area contributed by atoms with E-state index < -0.39 is 11.6 Å². The van der Waals surface area contributed by atoms with Crippen molar-refractivity contribution in [3.8, 4) is 0 Å². The first-order chi connectivity index (χ1) is 16.5. The lowest BCUT2D eigenvalue weighted by atomic mass is 10.1. The van der Waals surface area contributed by atoms with Gasteiger partial charge < -0.3 is 9.30 Å². The molecule has 4 rings (SSSR count). The number of amides is 1. The molecule has 0 atom stereocenters. The minimum absolute atomic E-state index is 0.188. The molecule has 0 unspecified atom stereocenters. The highest BCUT2D eigenvalue weighted by Gasteiger charge is 2.15. The minimum Gasteiger partial charge on any atom is -0.379 e. The van der Waals surface area contributed by atoms with Crippen LogP contribution < -0.4 is 5.32 Å². The smallest absolute Gasteiger partial charge is 0.241 e. The van der Waals surface area contributed by atoms with Crippen molar-refractivity contribution in [1.82, 2.24) is 19.8 Å². The summed E-state index contributed by atoms with van der Waals surface area (Å²) >= 11 is 0. The lowest BCUT2D eigenvalue weighted by Crippen LogP contribution is -2.35. The molecule has 1 aliphatic heterocycles. The van der Waals surface area contributed by atoms with E-state index in [-0.39, 0.29) is 24.4 Å². The van der Waals surface area contributed by atoms with Crippen LogP contribution in [0.15, 0.2) is 36.4 Å². The molecule has 1 fully saturated rings. The van der Waals surface area contributed by atoms with Gasteiger partial charge in [-0.25, -0.2) is 19.1 Å². The van der Waals surface area contributed by atoms with E-state index in [0.717, 1.165) is 74.8 Å². The van der Waals surface area contributed by atoms with E-state index in [0.29, 0.717) is 12.8 Å². The number of carbonyl (C=O) groups excluding carboxylic acids is 1. The molecule has 34 heavy (non-hydrogen) atoms. The van der Waals surface area contributed by atoms with Gasteiger partial charge in [0.15, 0.2) is 0 Å². The summed E-state index contributed by atoms with van der Waals surface area (Å²) in [5.41, 5.74) is 3.45. The zero-order valence-corrected chi connectivity index (χ0v) is 19.6. The van der Waals surface area contributed by atoms with Gasteiger partial charge in [0.05, 0.1) is 24.2 Å². The summed E-state index contributed by atoms with van der Waals surface area (Å²) in [6.45, 7) is 7.38. The summed E-state index contributed by atoms with van der Waals surface area (Å²) in [5.74, 6) is -0.410. The number of benzene rings is 2. The third-order valence-electron chi connectivity index (χ3n) is 6.09. The van der Waals surface area contributed by atoms with E-state index in [9.17, 15) is 13.6 Å². The van der Waals surface area contributed by atoms with Crippen LogP contribution in [-0.4, -0.2) is 46.7 Å². The van der Waals surface area contributed by atoms with E-state index in [1.807, 2.05) is 0 Å². The Balaban J connectivity index is 1.36. The Hall–Kier alpha value is -2.84. The SMILES string of the molecule is CCCn1c(C[N]C(=O)CCCc2cc(F)ccc2F)nc2cc(CN3CCOCC3)ccc21. The van der Waals surface area contributed by atoms with Gasteiger partial charge in [-0.2, -0.15) is 0 Å². The molecule has 1 aliphatic rings. The standard InChI is InChI=1S/C26H31F2N4O2/c1-2-10-32-24-9-6-19(18-31-11-13-34-14-12-31)15-23(24)30-25(32)17-29-26(33)5-3-4-20-16-21(27)7-8-22(20)28/h6-9,15-16H,2-5,10-14,17-18H2,1H3. The molecule has 8 heteroatoms. The Morgan fingerprint density at radius 3 is 2.76 bits per heavy atom. The van der Waals surface area contributed by atoms with Crippen LogP contribution in [0.2, 0.25) is 0 Å². The number of halogens is 2. The van der Waals surface area contributed by atoms with Crippen molar-refractivity contribution < 1.29 is 18.3 Å². The van der Waals surface area contributed by atoms with Crippen molar-refractivity contribution in [2.24, 2.45) is 0 Å². The molecule has 0 spiro atoms. The first kappa shape index (κ1) is 24.3. The summed E-state index contributed by atoms with van der Waals surface area (Å²) in [7, 11) is 0. The number of nitrogens with zero attached hydrogens (tertiary/aromatic N) is 4. The zero-order chi connectivity index (χ0) is 23.9. The molecule has 0 saturated carbocycles. The number of imidazole rings is 1. The van der Waals surface area contributed by atoms with Gasteiger partial charge in [0.1, 0.15) is 24.0 Å². The molecule has 6 nitrogen and oxygen atoms in total. The number of hydrogen-bond donors (Lipinski definition) is 0.